The van der Waals surface area contributed by atoms with E-state index in [0.29, 0.717) is 23.2 Å². The zero-order chi connectivity index (χ0) is 29.5. The molecule has 0 aliphatic carbocycles. The van der Waals surface area contributed by atoms with Gasteiger partial charge in [0.1, 0.15) is 17.7 Å². The van der Waals surface area contributed by atoms with Crippen LogP contribution in [0.15, 0.2) is 48.5 Å². The molecule has 2 aromatic rings. The van der Waals surface area contributed by atoms with Crippen LogP contribution in [0.1, 0.15) is 84.5 Å². The van der Waals surface area contributed by atoms with E-state index in [2.05, 4.69) is 16.6 Å². The zero-order valence-corrected chi connectivity index (χ0v) is 24.7. The van der Waals surface area contributed by atoms with Gasteiger partial charge in [-0.3, -0.25) is 9.59 Å². The summed E-state index contributed by atoms with van der Waals surface area (Å²) < 4.78 is 5.46. The molecule has 2 atom stereocenters. The molecule has 7 heteroatoms. The van der Waals surface area contributed by atoms with E-state index in [1.54, 1.807) is 49.9 Å². The molecule has 0 spiro atoms. The number of carbonyl (C=O) groups is 3. The van der Waals surface area contributed by atoms with E-state index in [1.807, 2.05) is 65.8 Å². The monoisotopic (exact) mass is 533 g/mol. The first kappa shape index (κ1) is 31.4. The third-order valence-electron chi connectivity index (χ3n) is 5.96. The molecule has 0 bridgehead atoms. The first-order chi connectivity index (χ1) is 18.0. The van der Waals surface area contributed by atoms with Crippen molar-refractivity contribution in [3.8, 4) is 12.3 Å². The van der Waals surface area contributed by atoms with E-state index >= 15 is 0 Å². The Kier molecular flexibility index (Phi) is 10.3. The standard InChI is InChI=1S/C32H43N3O4/c1-11-23-16-18-24(19-17-23)27(28(36)33-25-15-13-12-14-22(25)4)35(31(5,6)7)29(37)26(20-21(2)3)34-30(38)39-32(8,9)10/h1,12-19,21,26-27H,20H2,2-10H3,(H,33,36)(H,34,38). The molecular weight excluding hydrogens is 490 g/mol. The van der Waals surface area contributed by atoms with Crippen LogP contribution in [0.4, 0.5) is 10.5 Å². The Labute approximate surface area is 233 Å². The summed E-state index contributed by atoms with van der Waals surface area (Å²) in [5.41, 5.74) is 1.29. The van der Waals surface area contributed by atoms with Gasteiger partial charge in [0, 0.05) is 16.8 Å². The molecule has 0 fully saturated rings. The Bertz CT molecular complexity index is 1200. The molecule has 0 aromatic heterocycles. The Balaban J connectivity index is 2.61. The number of hydrogen-bond acceptors (Lipinski definition) is 4. The molecule has 3 amide bonds. The summed E-state index contributed by atoms with van der Waals surface area (Å²) in [6, 6.07) is 12.6. The normalized spacial score (nSPS) is 13.2. The number of aryl methyl sites for hydroxylation is 1. The van der Waals surface area contributed by atoms with Crippen LogP contribution < -0.4 is 10.6 Å². The van der Waals surface area contributed by atoms with Gasteiger partial charge in [-0.1, -0.05) is 50.1 Å². The maximum atomic E-state index is 14.3. The van der Waals surface area contributed by atoms with Crippen LogP contribution in [0.25, 0.3) is 0 Å². The average molecular weight is 534 g/mol. The highest BCUT2D eigenvalue weighted by Crippen LogP contribution is 2.32. The van der Waals surface area contributed by atoms with Crippen LogP contribution in [0.5, 0.6) is 0 Å². The summed E-state index contributed by atoms with van der Waals surface area (Å²) in [6.45, 7) is 16.7. The SMILES string of the molecule is C#Cc1ccc(C(C(=O)Nc2ccccc2C)N(C(=O)C(CC(C)C)NC(=O)OC(C)(C)C)C(C)(C)C)cc1. The van der Waals surface area contributed by atoms with Crippen molar-refractivity contribution in [2.45, 2.75) is 92.0 Å². The number of nitrogens with zero attached hydrogens (tertiary/aromatic N) is 1. The quantitative estimate of drug-likeness (QED) is 0.394. The first-order valence-corrected chi connectivity index (χ1v) is 13.3. The number of alkyl carbamates (subject to hydrolysis) is 1. The number of rotatable bonds is 8. The van der Waals surface area contributed by atoms with Gasteiger partial charge in [0.25, 0.3) is 5.91 Å². The second-order valence-electron chi connectivity index (χ2n) is 12.2. The van der Waals surface area contributed by atoms with E-state index in [9.17, 15) is 14.4 Å². The number of benzene rings is 2. The second-order valence-corrected chi connectivity index (χ2v) is 12.2. The van der Waals surface area contributed by atoms with Crippen LogP contribution in [0.3, 0.4) is 0 Å². The number of anilines is 1. The Morgan fingerprint density at radius 1 is 0.974 bits per heavy atom. The molecule has 0 saturated heterocycles. The van der Waals surface area contributed by atoms with Crippen molar-refractivity contribution < 1.29 is 19.1 Å². The molecule has 39 heavy (non-hydrogen) atoms. The molecule has 0 heterocycles. The second kappa shape index (κ2) is 12.8. The van der Waals surface area contributed by atoms with Crippen LogP contribution in [0, 0.1) is 25.2 Å². The molecule has 2 rings (SSSR count). The van der Waals surface area contributed by atoms with E-state index in [-0.39, 0.29) is 17.7 Å². The van der Waals surface area contributed by atoms with Gasteiger partial charge >= 0.3 is 6.09 Å². The van der Waals surface area contributed by atoms with Crippen molar-refractivity contribution in [1.29, 1.82) is 0 Å². The molecular formula is C32H43N3O4. The maximum absolute atomic E-state index is 14.3. The Morgan fingerprint density at radius 2 is 1.56 bits per heavy atom. The summed E-state index contributed by atoms with van der Waals surface area (Å²) in [5, 5.41) is 5.78. The van der Waals surface area contributed by atoms with Crippen LogP contribution in [-0.4, -0.2) is 40.0 Å². The molecule has 2 unspecified atom stereocenters. The summed E-state index contributed by atoms with van der Waals surface area (Å²) in [7, 11) is 0. The minimum Gasteiger partial charge on any atom is -0.444 e. The number of nitrogens with one attached hydrogen (secondary N) is 2. The van der Waals surface area contributed by atoms with Crippen LogP contribution in [0.2, 0.25) is 0 Å². The molecule has 0 saturated carbocycles. The summed E-state index contributed by atoms with van der Waals surface area (Å²) in [4.78, 5) is 42.6. The fraction of sp³-hybridized carbons (Fsp3) is 0.469. The predicted octanol–water partition coefficient (Wildman–Crippen LogP) is 6.22. The minimum atomic E-state index is -1.00. The molecule has 210 valence electrons. The first-order valence-electron chi connectivity index (χ1n) is 13.3. The van der Waals surface area contributed by atoms with Gasteiger partial charge < -0.3 is 20.3 Å². The van der Waals surface area contributed by atoms with Gasteiger partial charge in [-0.15, -0.1) is 6.42 Å². The molecule has 7 nitrogen and oxygen atoms in total. The Hall–Kier alpha value is -3.79. The lowest BCUT2D eigenvalue weighted by atomic mass is 9.93. The molecule has 0 aliphatic heterocycles. The van der Waals surface area contributed by atoms with Gasteiger partial charge in [0.15, 0.2) is 0 Å². The fourth-order valence-corrected chi connectivity index (χ4v) is 4.25. The lowest BCUT2D eigenvalue weighted by molar-refractivity contribution is -0.147. The van der Waals surface area contributed by atoms with Crippen molar-refractivity contribution in [1.82, 2.24) is 10.2 Å². The highest BCUT2D eigenvalue weighted by Gasteiger charge is 2.42. The molecule has 0 aliphatic rings. The van der Waals surface area contributed by atoms with E-state index < -0.39 is 29.3 Å². The minimum absolute atomic E-state index is 0.0878. The third-order valence-corrected chi connectivity index (χ3v) is 5.96. The number of terminal acetylenes is 1. The number of amides is 3. The predicted molar refractivity (Wildman–Crippen MR) is 156 cm³/mol. The van der Waals surface area contributed by atoms with Gasteiger partial charge in [0.05, 0.1) is 0 Å². The number of hydrogen-bond donors (Lipinski definition) is 2. The van der Waals surface area contributed by atoms with Gasteiger partial charge in [-0.25, -0.2) is 4.79 Å². The van der Waals surface area contributed by atoms with Gasteiger partial charge in [-0.05, 0) is 90.1 Å². The maximum Gasteiger partial charge on any atom is 0.408 e. The van der Waals surface area contributed by atoms with Crippen molar-refractivity contribution >= 4 is 23.6 Å². The lowest BCUT2D eigenvalue weighted by Crippen LogP contribution is -2.58. The number of carbonyl (C=O) groups excluding carboxylic acids is 3. The Morgan fingerprint density at radius 3 is 2.05 bits per heavy atom. The van der Waals surface area contributed by atoms with E-state index in [4.69, 9.17) is 11.2 Å². The summed E-state index contributed by atoms with van der Waals surface area (Å²) in [5.74, 6) is 1.92. The van der Waals surface area contributed by atoms with E-state index in [1.165, 1.54) is 0 Å². The smallest absolute Gasteiger partial charge is 0.408 e. The summed E-state index contributed by atoms with van der Waals surface area (Å²) in [6.07, 6.45) is 5.24. The van der Waals surface area contributed by atoms with Gasteiger partial charge in [-0.2, -0.15) is 0 Å². The van der Waals surface area contributed by atoms with Crippen LogP contribution >= 0.6 is 0 Å². The van der Waals surface area contributed by atoms with Crippen molar-refractivity contribution in [2.75, 3.05) is 5.32 Å². The van der Waals surface area contributed by atoms with E-state index in [0.717, 1.165) is 5.56 Å². The molecule has 0 radical (unpaired) electrons. The zero-order valence-electron chi connectivity index (χ0n) is 24.7. The van der Waals surface area contributed by atoms with Crippen molar-refractivity contribution in [3.63, 3.8) is 0 Å². The largest absolute Gasteiger partial charge is 0.444 e. The van der Waals surface area contributed by atoms with Crippen molar-refractivity contribution in [2.24, 2.45) is 5.92 Å². The lowest BCUT2D eigenvalue weighted by Gasteiger charge is -2.43. The highest BCUT2D eigenvalue weighted by atomic mass is 16.6. The van der Waals surface area contributed by atoms with Gasteiger partial charge in [0.2, 0.25) is 5.91 Å². The number of para-hydroxylation sites is 1. The third kappa shape index (κ3) is 9.17. The highest BCUT2D eigenvalue weighted by molar-refractivity contribution is 5.99. The van der Waals surface area contributed by atoms with Crippen molar-refractivity contribution in [3.05, 3.63) is 65.2 Å². The summed E-state index contributed by atoms with van der Waals surface area (Å²) >= 11 is 0. The fourth-order valence-electron chi connectivity index (χ4n) is 4.25. The molecule has 2 N–H and O–H groups in total. The average Bonchev–Trinajstić information content (AvgIpc) is 2.81. The molecule has 2 aromatic carbocycles. The number of ether oxygens (including phenoxy) is 1. The topological polar surface area (TPSA) is 87.7 Å². The van der Waals surface area contributed by atoms with Crippen LogP contribution in [-0.2, 0) is 14.3 Å².